The number of rotatable bonds is 8. The van der Waals surface area contributed by atoms with E-state index in [1.165, 1.54) is 36.4 Å². The molecule has 140 valence electrons. The minimum atomic E-state index is -0.555. The first kappa shape index (κ1) is 19.1. The van der Waals surface area contributed by atoms with E-state index in [0.717, 1.165) is 0 Å². The molecule has 0 radical (unpaired) electrons. The largest absolute Gasteiger partial charge is 0.385 e. The summed E-state index contributed by atoms with van der Waals surface area (Å²) >= 11 is 0. The predicted octanol–water partition coefficient (Wildman–Crippen LogP) is 1.96. The highest BCUT2D eigenvalue weighted by molar-refractivity contribution is 6.01. The van der Waals surface area contributed by atoms with Gasteiger partial charge >= 0.3 is 0 Å². The van der Waals surface area contributed by atoms with Crippen molar-refractivity contribution in [2.75, 3.05) is 10.9 Å². The second kappa shape index (κ2) is 8.75. The van der Waals surface area contributed by atoms with Crippen molar-refractivity contribution in [3.05, 3.63) is 68.8 Å². The second-order valence-electron chi connectivity index (χ2n) is 5.16. The molecular formula is C15H16N8O4. The van der Waals surface area contributed by atoms with Crippen LogP contribution in [0.1, 0.15) is 6.42 Å². The van der Waals surface area contributed by atoms with E-state index in [4.69, 9.17) is 11.5 Å². The average Bonchev–Trinajstić information content (AvgIpc) is 2.65. The van der Waals surface area contributed by atoms with Gasteiger partial charge in [-0.25, -0.2) is 0 Å². The maximum Gasteiger partial charge on any atom is 0.294 e. The molecule has 0 spiro atoms. The quantitative estimate of drug-likeness (QED) is 0.234. The number of nitro groups is 2. The summed E-state index contributed by atoms with van der Waals surface area (Å²) in [7, 11) is 0. The molecule has 0 saturated carbocycles. The van der Waals surface area contributed by atoms with E-state index in [9.17, 15) is 20.2 Å². The lowest BCUT2D eigenvalue weighted by atomic mass is 10.3. The first-order valence-corrected chi connectivity index (χ1v) is 7.51. The summed E-state index contributed by atoms with van der Waals surface area (Å²) in [6.07, 6.45) is -0.0682. The number of amidine groups is 2. The summed E-state index contributed by atoms with van der Waals surface area (Å²) in [6.45, 7) is 0. The summed E-state index contributed by atoms with van der Waals surface area (Å²) in [5.41, 5.74) is 16.4. The number of hydrogen-bond acceptors (Lipinski definition) is 8. The van der Waals surface area contributed by atoms with E-state index >= 15 is 0 Å². The first-order chi connectivity index (χ1) is 12.9. The predicted molar refractivity (Wildman–Crippen MR) is 101 cm³/mol. The van der Waals surface area contributed by atoms with Crippen LogP contribution in [0.3, 0.4) is 0 Å². The molecule has 0 aliphatic carbocycles. The van der Waals surface area contributed by atoms with Gasteiger partial charge in [0.2, 0.25) is 0 Å². The van der Waals surface area contributed by atoms with Crippen molar-refractivity contribution in [1.29, 1.82) is 0 Å². The van der Waals surface area contributed by atoms with Gasteiger partial charge in [0, 0.05) is 12.1 Å². The number of hydrogen-bond donors (Lipinski definition) is 4. The highest BCUT2D eigenvalue weighted by Gasteiger charge is 2.13. The third-order valence-corrected chi connectivity index (χ3v) is 3.20. The van der Waals surface area contributed by atoms with Crippen LogP contribution in [0.2, 0.25) is 0 Å². The minimum absolute atomic E-state index is 0.0127. The molecule has 2 aromatic rings. The molecule has 0 fully saturated rings. The summed E-state index contributed by atoms with van der Waals surface area (Å²) in [5.74, 6) is 0.0255. The maximum atomic E-state index is 10.9. The van der Waals surface area contributed by atoms with Gasteiger partial charge < -0.3 is 11.5 Å². The Morgan fingerprint density at radius 2 is 1.19 bits per heavy atom. The van der Waals surface area contributed by atoms with Gasteiger partial charge in [-0.2, -0.15) is 10.2 Å². The van der Waals surface area contributed by atoms with Gasteiger partial charge in [0.25, 0.3) is 11.4 Å². The Balaban J connectivity index is 2.02. The Labute approximate surface area is 152 Å². The fourth-order valence-corrected chi connectivity index (χ4v) is 1.98. The molecule has 2 aromatic carbocycles. The fourth-order valence-electron chi connectivity index (χ4n) is 1.98. The standard InChI is InChI=1S/C15H16N8O4/c16-14(20-18-10-5-1-3-7-12(10)22(24)25)9-15(17)21-19-11-6-2-4-8-13(11)23(26)27/h1-8,18-19H,9H2,(H2,16,20)(H2,17,21). The minimum Gasteiger partial charge on any atom is -0.385 e. The summed E-state index contributed by atoms with van der Waals surface area (Å²) in [5, 5.41) is 29.5. The van der Waals surface area contributed by atoms with Crippen molar-refractivity contribution in [2.45, 2.75) is 6.42 Å². The molecule has 12 heteroatoms. The molecule has 2 rings (SSSR count). The monoisotopic (exact) mass is 372 g/mol. The van der Waals surface area contributed by atoms with Crippen molar-refractivity contribution in [3.8, 4) is 0 Å². The van der Waals surface area contributed by atoms with Crippen molar-refractivity contribution in [2.24, 2.45) is 21.7 Å². The number of nitro benzene ring substituents is 2. The lowest BCUT2D eigenvalue weighted by Crippen LogP contribution is -2.24. The number of benzene rings is 2. The third-order valence-electron chi connectivity index (χ3n) is 3.20. The van der Waals surface area contributed by atoms with Gasteiger partial charge in [-0.15, -0.1) is 0 Å². The van der Waals surface area contributed by atoms with Gasteiger partial charge in [0.1, 0.15) is 23.0 Å². The van der Waals surface area contributed by atoms with Gasteiger partial charge in [0.05, 0.1) is 16.3 Å². The first-order valence-electron chi connectivity index (χ1n) is 7.51. The van der Waals surface area contributed by atoms with E-state index in [-0.39, 0.29) is 40.8 Å². The van der Waals surface area contributed by atoms with Crippen LogP contribution in [0.5, 0.6) is 0 Å². The average molecular weight is 372 g/mol. The molecule has 0 aromatic heterocycles. The number of hydrazone groups is 2. The van der Waals surface area contributed by atoms with Crippen molar-refractivity contribution in [1.82, 2.24) is 0 Å². The maximum absolute atomic E-state index is 10.9. The van der Waals surface area contributed by atoms with E-state index in [2.05, 4.69) is 21.1 Å². The number of nitrogens with two attached hydrogens (primary N) is 2. The highest BCUT2D eigenvalue weighted by Crippen LogP contribution is 2.23. The third kappa shape index (κ3) is 5.38. The van der Waals surface area contributed by atoms with Crippen molar-refractivity contribution < 1.29 is 9.85 Å². The zero-order chi connectivity index (χ0) is 19.8. The SMILES string of the molecule is N/C(C/C(N)=N/Nc1ccccc1[N+](=O)[O-])=N\Nc1ccccc1[N+](=O)[O-]. The Kier molecular flexibility index (Phi) is 6.19. The van der Waals surface area contributed by atoms with Crippen LogP contribution >= 0.6 is 0 Å². The van der Waals surface area contributed by atoms with Crippen LogP contribution in [-0.4, -0.2) is 21.5 Å². The lowest BCUT2D eigenvalue weighted by molar-refractivity contribution is -0.384. The summed E-state index contributed by atoms with van der Waals surface area (Å²) < 4.78 is 0. The highest BCUT2D eigenvalue weighted by atomic mass is 16.6. The number of nitrogens with zero attached hydrogens (tertiary/aromatic N) is 4. The van der Waals surface area contributed by atoms with E-state index in [1.807, 2.05) is 0 Å². The van der Waals surface area contributed by atoms with Gasteiger partial charge in [-0.3, -0.25) is 31.1 Å². The van der Waals surface area contributed by atoms with Crippen molar-refractivity contribution in [3.63, 3.8) is 0 Å². The van der Waals surface area contributed by atoms with E-state index in [1.54, 1.807) is 12.1 Å². The molecule has 6 N–H and O–H groups in total. The molecule has 0 bridgehead atoms. The topological polar surface area (TPSA) is 187 Å². The van der Waals surface area contributed by atoms with Crippen molar-refractivity contribution >= 4 is 34.4 Å². The molecule has 0 heterocycles. The molecular weight excluding hydrogens is 356 g/mol. The summed E-state index contributed by atoms with van der Waals surface area (Å²) in [6, 6.07) is 11.8. The van der Waals surface area contributed by atoms with E-state index in [0.29, 0.717) is 0 Å². The zero-order valence-corrected chi connectivity index (χ0v) is 13.9. The molecule has 0 unspecified atom stereocenters. The lowest BCUT2D eigenvalue weighted by Gasteiger charge is -2.05. The smallest absolute Gasteiger partial charge is 0.294 e. The zero-order valence-electron chi connectivity index (χ0n) is 13.9. The molecule has 0 amide bonds. The normalized spacial score (nSPS) is 11.7. The molecule has 0 saturated heterocycles. The fraction of sp³-hybridized carbons (Fsp3) is 0.0667. The van der Waals surface area contributed by atoms with Crippen LogP contribution < -0.4 is 22.3 Å². The number of para-hydroxylation sites is 4. The molecule has 0 atom stereocenters. The Morgan fingerprint density at radius 3 is 1.56 bits per heavy atom. The number of anilines is 2. The molecule has 0 aliphatic rings. The van der Waals surface area contributed by atoms with Crippen LogP contribution in [0.15, 0.2) is 58.7 Å². The second-order valence-corrected chi connectivity index (χ2v) is 5.16. The molecule has 27 heavy (non-hydrogen) atoms. The molecule has 12 nitrogen and oxygen atoms in total. The van der Waals surface area contributed by atoms with E-state index < -0.39 is 9.85 Å². The van der Waals surface area contributed by atoms with Gasteiger partial charge in [-0.1, -0.05) is 24.3 Å². The van der Waals surface area contributed by atoms with Gasteiger partial charge in [-0.05, 0) is 12.1 Å². The van der Waals surface area contributed by atoms with Crippen LogP contribution in [-0.2, 0) is 0 Å². The number of nitrogens with one attached hydrogen (secondary N) is 2. The summed E-state index contributed by atoms with van der Waals surface area (Å²) in [4.78, 5) is 20.8. The Hall–Kier alpha value is -4.22. The van der Waals surface area contributed by atoms with Crippen LogP contribution in [0.25, 0.3) is 0 Å². The molecule has 0 aliphatic heterocycles. The Morgan fingerprint density at radius 1 is 0.815 bits per heavy atom. The Bertz CT molecular complexity index is 839. The van der Waals surface area contributed by atoms with Crippen LogP contribution in [0, 0.1) is 20.2 Å². The van der Waals surface area contributed by atoms with Gasteiger partial charge in [0.15, 0.2) is 0 Å². The van der Waals surface area contributed by atoms with Crippen LogP contribution in [0.4, 0.5) is 22.7 Å².